The SMILES string of the molecule is NS(=O)(=O)C(CC(F)(F)F)c1cccc(C(=O)C(Br)c2ccnc(Cl)n2)c1F. The molecule has 0 amide bonds. The van der Waals surface area contributed by atoms with Gasteiger partial charge in [0.15, 0.2) is 5.78 Å². The molecule has 0 spiro atoms. The summed E-state index contributed by atoms with van der Waals surface area (Å²) in [6.45, 7) is 0. The van der Waals surface area contributed by atoms with Gasteiger partial charge in [-0.25, -0.2) is 27.9 Å². The van der Waals surface area contributed by atoms with Gasteiger partial charge in [-0.3, -0.25) is 4.79 Å². The smallest absolute Gasteiger partial charge is 0.292 e. The van der Waals surface area contributed by atoms with Crippen molar-refractivity contribution in [2.75, 3.05) is 0 Å². The predicted molar refractivity (Wildman–Crippen MR) is 96.0 cm³/mol. The van der Waals surface area contributed by atoms with E-state index in [1.165, 1.54) is 12.3 Å². The highest BCUT2D eigenvalue weighted by Gasteiger charge is 2.40. The van der Waals surface area contributed by atoms with Gasteiger partial charge < -0.3 is 0 Å². The third-order valence-electron chi connectivity index (χ3n) is 3.59. The molecule has 152 valence electrons. The number of Topliss-reactive ketones (excluding diaryl/α,β-unsaturated/α-hetero) is 1. The maximum absolute atomic E-state index is 14.8. The van der Waals surface area contributed by atoms with Crippen molar-refractivity contribution in [3.63, 3.8) is 0 Å². The van der Waals surface area contributed by atoms with Gasteiger partial charge in [0, 0.05) is 11.8 Å². The van der Waals surface area contributed by atoms with Crippen molar-refractivity contribution in [1.82, 2.24) is 9.97 Å². The summed E-state index contributed by atoms with van der Waals surface area (Å²) in [6, 6.07) is 4.22. The van der Waals surface area contributed by atoms with Crippen LogP contribution >= 0.6 is 27.5 Å². The van der Waals surface area contributed by atoms with Crippen LogP contribution in [0.15, 0.2) is 30.5 Å². The van der Waals surface area contributed by atoms with Crippen molar-refractivity contribution in [2.24, 2.45) is 5.14 Å². The normalized spacial score (nSPS) is 14.5. The molecule has 0 fully saturated rings. The van der Waals surface area contributed by atoms with Crippen LogP contribution in [0.2, 0.25) is 5.28 Å². The fraction of sp³-hybridized carbons (Fsp3) is 0.267. The van der Waals surface area contributed by atoms with Gasteiger partial charge in [-0.15, -0.1) is 0 Å². The number of hydrogen-bond donors (Lipinski definition) is 1. The number of sulfonamides is 1. The molecule has 0 saturated heterocycles. The summed E-state index contributed by atoms with van der Waals surface area (Å²) in [6.07, 6.45) is -5.59. The second-order valence-corrected chi connectivity index (χ2v) is 8.58. The number of carbonyl (C=O) groups excluding carboxylic acids is 1. The fourth-order valence-electron chi connectivity index (χ4n) is 2.36. The first kappa shape index (κ1) is 22.7. The average molecular weight is 505 g/mol. The predicted octanol–water partition coefficient (Wildman–Crippen LogP) is 3.87. The third kappa shape index (κ3) is 5.46. The zero-order valence-electron chi connectivity index (χ0n) is 13.6. The number of alkyl halides is 4. The number of nitrogens with zero attached hydrogens (tertiary/aromatic N) is 2. The fourth-order valence-corrected chi connectivity index (χ4v) is 3.97. The van der Waals surface area contributed by atoms with E-state index in [2.05, 4.69) is 25.9 Å². The molecule has 1 aromatic heterocycles. The summed E-state index contributed by atoms with van der Waals surface area (Å²) in [5.41, 5.74) is -1.41. The Balaban J connectivity index is 2.50. The quantitative estimate of drug-likeness (QED) is 0.278. The summed E-state index contributed by atoms with van der Waals surface area (Å²) in [7, 11) is -4.82. The minimum absolute atomic E-state index is 0.0769. The Morgan fingerprint density at radius 1 is 1.29 bits per heavy atom. The Kier molecular flexibility index (Phi) is 6.79. The molecule has 0 aliphatic carbocycles. The minimum atomic E-state index is -4.93. The number of nitrogens with two attached hydrogens (primary N) is 1. The van der Waals surface area contributed by atoms with Gasteiger partial charge in [-0.1, -0.05) is 28.1 Å². The van der Waals surface area contributed by atoms with Gasteiger partial charge in [-0.05, 0) is 23.7 Å². The van der Waals surface area contributed by atoms with Gasteiger partial charge in [0.05, 0.1) is 17.7 Å². The van der Waals surface area contributed by atoms with Crippen molar-refractivity contribution in [3.8, 4) is 0 Å². The second-order valence-electron chi connectivity index (χ2n) is 5.58. The molecule has 1 aromatic carbocycles. The molecule has 0 aliphatic rings. The molecule has 28 heavy (non-hydrogen) atoms. The number of hydrogen-bond acceptors (Lipinski definition) is 5. The van der Waals surface area contributed by atoms with Crippen LogP contribution < -0.4 is 5.14 Å². The Labute approximate surface area is 170 Å². The van der Waals surface area contributed by atoms with Crippen LogP contribution in [0.5, 0.6) is 0 Å². The molecule has 0 bridgehead atoms. The first-order valence-electron chi connectivity index (χ1n) is 7.34. The van der Waals surface area contributed by atoms with E-state index >= 15 is 0 Å². The van der Waals surface area contributed by atoms with Gasteiger partial charge >= 0.3 is 6.18 Å². The van der Waals surface area contributed by atoms with Crippen LogP contribution in [0.1, 0.15) is 38.1 Å². The van der Waals surface area contributed by atoms with Crippen LogP contribution in [-0.2, 0) is 10.0 Å². The molecule has 2 aromatic rings. The highest BCUT2D eigenvalue weighted by molar-refractivity contribution is 9.09. The van der Waals surface area contributed by atoms with Crippen molar-refractivity contribution in [3.05, 3.63) is 58.4 Å². The Morgan fingerprint density at radius 2 is 1.93 bits per heavy atom. The zero-order valence-corrected chi connectivity index (χ0v) is 16.8. The first-order chi connectivity index (χ1) is 12.8. The molecule has 2 atom stereocenters. The van der Waals surface area contributed by atoms with E-state index in [-0.39, 0.29) is 11.0 Å². The van der Waals surface area contributed by atoms with E-state index in [0.717, 1.165) is 18.2 Å². The lowest BCUT2D eigenvalue weighted by Gasteiger charge is -2.19. The van der Waals surface area contributed by atoms with Crippen molar-refractivity contribution in [2.45, 2.75) is 22.7 Å². The third-order valence-corrected chi connectivity index (χ3v) is 5.87. The maximum atomic E-state index is 14.8. The first-order valence-corrected chi connectivity index (χ1v) is 10.2. The standard InChI is InChI=1S/C15H11BrClF4N3O3S/c16-11(9-4-5-23-14(17)24-9)13(25)8-3-1-2-7(12(8)18)10(28(22,26)27)6-15(19,20)21/h1-5,10-11H,6H2,(H2,22,26,27). The summed E-state index contributed by atoms with van der Waals surface area (Å²) in [4.78, 5) is 18.8. The topological polar surface area (TPSA) is 103 Å². The summed E-state index contributed by atoms with van der Waals surface area (Å²) < 4.78 is 76.4. The number of carbonyl (C=O) groups is 1. The molecular weight excluding hydrogens is 494 g/mol. The van der Waals surface area contributed by atoms with Crippen molar-refractivity contribution < 1.29 is 30.8 Å². The number of primary sulfonamides is 1. The van der Waals surface area contributed by atoms with Crippen LogP contribution in [0.25, 0.3) is 0 Å². The van der Waals surface area contributed by atoms with Crippen LogP contribution in [0.4, 0.5) is 17.6 Å². The number of benzene rings is 1. The lowest BCUT2D eigenvalue weighted by molar-refractivity contribution is -0.135. The van der Waals surface area contributed by atoms with Crippen molar-refractivity contribution in [1.29, 1.82) is 0 Å². The largest absolute Gasteiger partial charge is 0.390 e. The number of ketones is 1. The van der Waals surface area contributed by atoms with Crippen LogP contribution in [0, 0.1) is 5.82 Å². The van der Waals surface area contributed by atoms with E-state index in [1.54, 1.807) is 0 Å². The number of rotatable bonds is 6. The second kappa shape index (κ2) is 8.39. The van der Waals surface area contributed by atoms with E-state index < -0.39 is 55.4 Å². The Morgan fingerprint density at radius 3 is 2.46 bits per heavy atom. The monoisotopic (exact) mass is 503 g/mol. The van der Waals surface area contributed by atoms with Gasteiger partial charge in [-0.2, -0.15) is 13.2 Å². The Bertz CT molecular complexity index is 1000. The molecule has 0 saturated carbocycles. The van der Waals surface area contributed by atoms with E-state index in [9.17, 15) is 30.8 Å². The molecule has 1 heterocycles. The molecule has 0 aliphatic heterocycles. The molecule has 6 nitrogen and oxygen atoms in total. The van der Waals surface area contributed by atoms with Crippen molar-refractivity contribution >= 4 is 43.3 Å². The van der Waals surface area contributed by atoms with E-state index in [4.69, 9.17) is 16.7 Å². The number of aromatic nitrogens is 2. The van der Waals surface area contributed by atoms with Crippen LogP contribution in [0.3, 0.4) is 0 Å². The van der Waals surface area contributed by atoms with Gasteiger partial charge in [0.1, 0.15) is 15.9 Å². The molecule has 13 heteroatoms. The Hall–Kier alpha value is -1.63. The van der Waals surface area contributed by atoms with E-state index in [0.29, 0.717) is 0 Å². The molecule has 0 radical (unpaired) electrons. The summed E-state index contributed by atoms with van der Waals surface area (Å²) >= 11 is 8.65. The highest BCUT2D eigenvalue weighted by atomic mass is 79.9. The minimum Gasteiger partial charge on any atom is -0.292 e. The molecular formula is C15H11BrClF4N3O3S. The lowest BCUT2D eigenvalue weighted by Crippen LogP contribution is -2.28. The summed E-state index contributed by atoms with van der Waals surface area (Å²) in [5, 5.41) is 2.28. The number of halogens is 6. The van der Waals surface area contributed by atoms with E-state index in [1.807, 2.05) is 0 Å². The summed E-state index contributed by atoms with van der Waals surface area (Å²) in [5.74, 6) is -2.32. The lowest BCUT2D eigenvalue weighted by atomic mass is 10.00. The maximum Gasteiger partial charge on any atom is 0.390 e. The highest BCUT2D eigenvalue weighted by Crippen LogP contribution is 2.37. The molecule has 2 N–H and O–H groups in total. The van der Waals surface area contributed by atoms with Gasteiger partial charge in [0.2, 0.25) is 15.3 Å². The molecule has 2 unspecified atom stereocenters. The average Bonchev–Trinajstić information content (AvgIpc) is 2.57. The molecule has 2 rings (SSSR count). The zero-order chi connectivity index (χ0) is 21.3. The van der Waals surface area contributed by atoms with Crippen LogP contribution in [-0.4, -0.2) is 30.3 Å². The van der Waals surface area contributed by atoms with Gasteiger partial charge in [0.25, 0.3) is 0 Å².